The van der Waals surface area contributed by atoms with Crippen LogP contribution < -0.4 is 10.5 Å². The van der Waals surface area contributed by atoms with Crippen molar-refractivity contribution in [3.05, 3.63) is 24.3 Å². The maximum Gasteiger partial charge on any atom is 0.212 e. The summed E-state index contributed by atoms with van der Waals surface area (Å²) in [6, 6.07) is 7.35. The quantitative estimate of drug-likeness (QED) is 0.611. The van der Waals surface area contributed by atoms with Gasteiger partial charge in [-0.15, -0.1) is 11.8 Å². The number of rotatable bonds is 6. The van der Waals surface area contributed by atoms with Crippen molar-refractivity contribution < 1.29 is 8.42 Å². The summed E-state index contributed by atoms with van der Waals surface area (Å²) in [5.41, 5.74) is 6.28. The molecule has 0 aliphatic rings. The SMILES string of the molecule is CC(C)NS(=O)(=O)CCSc1ccc(N)cc1. The zero-order valence-electron chi connectivity index (χ0n) is 10.0. The first-order chi connectivity index (χ1) is 7.89. The number of anilines is 1. The summed E-state index contributed by atoms with van der Waals surface area (Å²) in [5, 5.41) is 0. The summed E-state index contributed by atoms with van der Waals surface area (Å²) in [6.07, 6.45) is 0. The molecule has 0 fully saturated rings. The van der Waals surface area contributed by atoms with Crippen molar-refractivity contribution in [2.75, 3.05) is 17.2 Å². The standard InChI is InChI=1S/C11H18N2O2S2/c1-9(2)13-17(14,15)8-7-16-11-5-3-10(12)4-6-11/h3-6,9,13H,7-8,12H2,1-2H3. The lowest BCUT2D eigenvalue weighted by molar-refractivity contribution is 0.571. The smallest absolute Gasteiger partial charge is 0.212 e. The summed E-state index contributed by atoms with van der Waals surface area (Å²) in [7, 11) is -3.15. The van der Waals surface area contributed by atoms with Gasteiger partial charge in [-0.05, 0) is 38.1 Å². The third-order valence-corrected chi connectivity index (χ3v) is 4.76. The summed E-state index contributed by atoms with van der Waals surface area (Å²) < 4.78 is 25.6. The predicted octanol–water partition coefficient (Wildman–Crippen LogP) is 1.69. The van der Waals surface area contributed by atoms with Crippen LogP contribution in [0.25, 0.3) is 0 Å². The lowest BCUT2D eigenvalue weighted by atomic mass is 10.3. The van der Waals surface area contributed by atoms with Crippen LogP contribution in [0.2, 0.25) is 0 Å². The van der Waals surface area contributed by atoms with E-state index in [1.807, 2.05) is 38.1 Å². The van der Waals surface area contributed by atoms with E-state index in [4.69, 9.17) is 5.73 Å². The predicted molar refractivity (Wildman–Crippen MR) is 73.6 cm³/mol. The number of nitrogens with one attached hydrogen (secondary N) is 1. The Morgan fingerprint density at radius 1 is 1.29 bits per heavy atom. The highest BCUT2D eigenvalue weighted by molar-refractivity contribution is 8.00. The third-order valence-electron chi connectivity index (χ3n) is 1.92. The molecule has 0 heterocycles. The van der Waals surface area contributed by atoms with Crippen LogP contribution in [0, 0.1) is 0 Å². The molecule has 1 aromatic rings. The fourth-order valence-corrected chi connectivity index (χ4v) is 3.86. The summed E-state index contributed by atoms with van der Waals surface area (Å²) >= 11 is 1.51. The van der Waals surface area contributed by atoms with Crippen LogP contribution >= 0.6 is 11.8 Å². The molecule has 0 saturated carbocycles. The van der Waals surface area contributed by atoms with Gasteiger partial charge in [-0.3, -0.25) is 0 Å². The zero-order chi connectivity index (χ0) is 12.9. The molecule has 0 unspecified atom stereocenters. The van der Waals surface area contributed by atoms with Crippen LogP contribution in [0.1, 0.15) is 13.8 Å². The molecule has 0 aliphatic carbocycles. The Kier molecular flexibility index (Phi) is 5.30. The summed E-state index contributed by atoms with van der Waals surface area (Å²) in [5.74, 6) is 0.659. The Labute approximate surface area is 107 Å². The monoisotopic (exact) mass is 274 g/mol. The average molecular weight is 274 g/mol. The van der Waals surface area contributed by atoms with Gasteiger partial charge in [0.1, 0.15) is 0 Å². The van der Waals surface area contributed by atoms with E-state index < -0.39 is 10.0 Å². The van der Waals surface area contributed by atoms with Gasteiger partial charge in [-0.1, -0.05) is 0 Å². The molecule has 0 aromatic heterocycles. The molecule has 3 N–H and O–H groups in total. The molecule has 0 atom stereocenters. The number of hydrogen-bond acceptors (Lipinski definition) is 4. The largest absolute Gasteiger partial charge is 0.399 e. The highest BCUT2D eigenvalue weighted by atomic mass is 32.2. The van der Waals surface area contributed by atoms with Crippen LogP contribution in [0.3, 0.4) is 0 Å². The van der Waals surface area contributed by atoms with Crippen molar-refractivity contribution >= 4 is 27.5 Å². The summed E-state index contributed by atoms with van der Waals surface area (Å²) in [4.78, 5) is 1.03. The van der Waals surface area contributed by atoms with E-state index in [9.17, 15) is 8.42 Å². The van der Waals surface area contributed by atoms with E-state index in [-0.39, 0.29) is 11.8 Å². The highest BCUT2D eigenvalue weighted by Gasteiger charge is 2.11. The molecule has 0 radical (unpaired) electrons. The number of hydrogen-bond donors (Lipinski definition) is 2. The van der Waals surface area contributed by atoms with E-state index >= 15 is 0 Å². The van der Waals surface area contributed by atoms with E-state index in [0.717, 1.165) is 4.90 Å². The minimum Gasteiger partial charge on any atom is -0.399 e. The molecule has 1 aromatic carbocycles. The molecule has 1 rings (SSSR count). The Morgan fingerprint density at radius 2 is 1.88 bits per heavy atom. The van der Waals surface area contributed by atoms with Crippen molar-refractivity contribution in [1.82, 2.24) is 4.72 Å². The van der Waals surface area contributed by atoms with Crippen molar-refractivity contribution in [1.29, 1.82) is 0 Å². The number of thioether (sulfide) groups is 1. The fourth-order valence-electron chi connectivity index (χ4n) is 1.25. The Balaban J connectivity index is 2.40. The number of nitrogens with two attached hydrogens (primary N) is 1. The molecule has 4 nitrogen and oxygen atoms in total. The van der Waals surface area contributed by atoms with Gasteiger partial charge in [-0.2, -0.15) is 0 Å². The molecule has 0 saturated heterocycles. The van der Waals surface area contributed by atoms with Gasteiger partial charge in [0.2, 0.25) is 10.0 Å². The fraction of sp³-hybridized carbons (Fsp3) is 0.455. The van der Waals surface area contributed by atoms with Gasteiger partial charge < -0.3 is 5.73 Å². The second-order valence-corrected chi connectivity index (χ2v) is 7.05. The molecule has 96 valence electrons. The van der Waals surface area contributed by atoms with Crippen LogP contribution in [-0.2, 0) is 10.0 Å². The van der Waals surface area contributed by atoms with E-state index in [1.54, 1.807) is 0 Å². The van der Waals surface area contributed by atoms with Crippen molar-refractivity contribution in [2.45, 2.75) is 24.8 Å². The van der Waals surface area contributed by atoms with Crippen LogP contribution in [0.4, 0.5) is 5.69 Å². The average Bonchev–Trinajstić information content (AvgIpc) is 2.18. The molecular formula is C11H18N2O2S2. The van der Waals surface area contributed by atoms with Crippen molar-refractivity contribution in [3.8, 4) is 0 Å². The van der Waals surface area contributed by atoms with E-state index in [2.05, 4.69) is 4.72 Å². The maximum atomic E-state index is 11.5. The topological polar surface area (TPSA) is 72.2 Å². The minimum absolute atomic E-state index is 0.0541. The first-order valence-corrected chi connectivity index (χ1v) is 8.01. The molecule has 17 heavy (non-hydrogen) atoms. The molecule has 0 amide bonds. The van der Waals surface area contributed by atoms with Gasteiger partial charge in [-0.25, -0.2) is 13.1 Å². The normalized spacial score (nSPS) is 11.9. The molecule has 0 spiro atoms. The molecule has 0 aliphatic heterocycles. The van der Waals surface area contributed by atoms with E-state index in [0.29, 0.717) is 11.4 Å². The van der Waals surface area contributed by atoms with Crippen LogP contribution in [-0.4, -0.2) is 26.0 Å². The highest BCUT2D eigenvalue weighted by Crippen LogP contribution is 2.19. The minimum atomic E-state index is -3.15. The van der Waals surface area contributed by atoms with E-state index in [1.165, 1.54) is 11.8 Å². The lowest BCUT2D eigenvalue weighted by Gasteiger charge is -2.09. The number of sulfonamides is 1. The van der Waals surface area contributed by atoms with Crippen molar-refractivity contribution in [2.24, 2.45) is 0 Å². The van der Waals surface area contributed by atoms with Crippen LogP contribution in [0.15, 0.2) is 29.2 Å². The van der Waals surface area contributed by atoms with Gasteiger partial charge in [0.05, 0.1) is 5.75 Å². The Morgan fingerprint density at radius 3 is 2.41 bits per heavy atom. The van der Waals surface area contributed by atoms with Gasteiger partial charge in [0.15, 0.2) is 0 Å². The molecule has 6 heteroatoms. The second-order valence-electron chi connectivity index (χ2n) is 4.01. The maximum absolute atomic E-state index is 11.5. The zero-order valence-corrected chi connectivity index (χ0v) is 11.6. The molecule has 0 bridgehead atoms. The molecular weight excluding hydrogens is 256 g/mol. The first-order valence-electron chi connectivity index (χ1n) is 5.37. The summed E-state index contributed by atoms with van der Waals surface area (Å²) in [6.45, 7) is 3.62. The Hall–Kier alpha value is -0.720. The first kappa shape index (κ1) is 14.3. The second kappa shape index (κ2) is 6.28. The van der Waals surface area contributed by atoms with Gasteiger partial charge in [0, 0.05) is 22.4 Å². The lowest BCUT2D eigenvalue weighted by Crippen LogP contribution is -2.32. The number of nitrogen functional groups attached to an aromatic ring is 1. The Bertz CT molecular complexity index is 441. The third kappa shape index (κ3) is 5.95. The van der Waals surface area contributed by atoms with Gasteiger partial charge >= 0.3 is 0 Å². The number of benzene rings is 1. The van der Waals surface area contributed by atoms with Crippen molar-refractivity contribution in [3.63, 3.8) is 0 Å². The van der Waals surface area contributed by atoms with Gasteiger partial charge in [0.25, 0.3) is 0 Å². The van der Waals surface area contributed by atoms with Crippen LogP contribution in [0.5, 0.6) is 0 Å².